The lowest BCUT2D eigenvalue weighted by molar-refractivity contribution is 0.413. The van der Waals surface area contributed by atoms with E-state index in [9.17, 15) is 0 Å². The second-order valence-corrected chi connectivity index (χ2v) is 4.13. The molecule has 0 bridgehead atoms. The summed E-state index contributed by atoms with van der Waals surface area (Å²) >= 11 is 0. The highest BCUT2D eigenvalue weighted by Crippen LogP contribution is 2.48. The number of furan rings is 1. The van der Waals surface area contributed by atoms with Crippen molar-refractivity contribution >= 4 is 5.69 Å². The molecule has 2 heterocycles. The van der Waals surface area contributed by atoms with E-state index in [4.69, 9.17) is 14.7 Å². The maximum atomic E-state index is 5.69. The molecule has 2 N–H and O–H groups in total. The van der Waals surface area contributed by atoms with Crippen LogP contribution in [-0.4, -0.2) is 5.16 Å². The van der Waals surface area contributed by atoms with E-state index < -0.39 is 0 Å². The molecule has 0 saturated heterocycles. The quantitative estimate of drug-likeness (QED) is 0.816. The smallest absolute Gasteiger partial charge is 0.224 e. The molecule has 0 amide bonds. The van der Waals surface area contributed by atoms with Crippen molar-refractivity contribution in [1.82, 2.24) is 5.16 Å². The molecule has 1 aliphatic carbocycles. The van der Waals surface area contributed by atoms with Gasteiger partial charge in [0.15, 0.2) is 5.76 Å². The first-order valence-electron chi connectivity index (χ1n) is 5.06. The fourth-order valence-corrected chi connectivity index (χ4v) is 1.83. The van der Waals surface area contributed by atoms with Crippen LogP contribution < -0.4 is 5.73 Å². The first-order chi connectivity index (χ1) is 7.25. The van der Waals surface area contributed by atoms with Crippen molar-refractivity contribution in [2.75, 3.05) is 5.73 Å². The second kappa shape index (κ2) is 2.89. The largest absolute Gasteiger partial charge is 0.457 e. The van der Waals surface area contributed by atoms with Gasteiger partial charge in [0.1, 0.15) is 11.4 Å². The zero-order valence-corrected chi connectivity index (χ0v) is 8.43. The normalized spacial score (nSPS) is 24.3. The van der Waals surface area contributed by atoms with Gasteiger partial charge in [-0.2, -0.15) is 0 Å². The number of nitrogens with zero attached hydrogens (tertiary/aromatic N) is 1. The molecule has 1 saturated carbocycles. The molecule has 4 heteroatoms. The van der Waals surface area contributed by atoms with E-state index in [2.05, 4.69) is 12.1 Å². The van der Waals surface area contributed by atoms with Crippen LogP contribution in [0.1, 0.15) is 25.0 Å². The molecule has 2 unspecified atom stereocenters. The summed E-state index contributed by atoms with van der Waals surface area (Å²) in [4.78, 5) is 0. The summed E-state index contributed by atoms with van der Waals surface area (Å²) in [5.41, 5.74) is 6.20. The molecule has 1 fully saturated rings. The van der Waals surface area contributed by atoms with Gasteiger partial charge >= 0.3 is 0 Å². The lowest BCUT2D eigenvalue weighted by Gasteiger charge is -1.92. The van der Waals surface area contributed by atoms with Crippen molar-refractivity contribution in [3.63, 3.8) is 0 Å². The van der Waals surface area contributed by atoms with Crippen molar-refractivity contribution in [3.05, 3.63) is 24.1 Å². The van der Waals surface area contributed by atoms with Gasteiger partial charge in [-0.3, -0.25) is 0 Å². The average Bonchev–Trinajstić information content (AvgIpc) is 2.69. The Bertz CT molecular complexity index is 486. The second-order valence-electron chi connectivity index (χ2n) is 4.13. The molecule has 0 aromatic carbocycles. The Kier molecular flexibility index (Phi) is 1.65. The molecular formula is C11H12N2O2. The molecule has 78 valence electrons. The Hall–Kier alpha value is -1.71. The van der Waals surface area contributed by atoms with E-state index >= 15 is 0 Å². The van der Waals surface area contributed by atoms with E-state index in [1.54, 1.807) is 0 Å². The molecule has 0 aliphatic heterocycles. The molecule has 4 nitrogen and oxygen atoms in total. The molecular weight excluding hydrogens is 192 g/mol. The fourth-order valence-electron chi connectivity index (χ4n) is 1.83. The van der Waals surface area contributed by atoms with Gasteiger partial charge in [0.25, 0.3) is 0 Å². The van der Waals surface area contributed by atoms with Crippen LogP contribution in [-0.2, 0) is 0 Å². The monoisotopic (exact) mass is 204 g/mol. The number of anilines is 1. The van der Waals surface area contributed by atoms with Crippen LogP contribution >= 0.6 is 0 Å². The van der Waals surface area contributed by atoms with Crippen molar-refractivity contribution in [2.24, 2.45) is 5.92 Å². The van der Waals surface area contributed by atoms with E-state index in [0.717, 1.165) is 11.7 Å². The zero-order chi connectivity index (χ0) is 10.4. The molecule has 15 heavy (non-hydrogen) atoms. The number of nitrogens with two attached hydrogens (primary N) is 1. The average molecular weight is 204 g/mol. The van der Waals surface area contributed by atoms with Gasteiger partial charge in [-0.15, -0.1) is 0 Å². The molecule has 2 aromatic heterocycles. The molecule has 0 spiro atoms. The zero-order valence-electron chi connectivity index (χ0n) is 8.43. The minimum absolute atomic E-state index is 0.514. The van der Waals surface area contributed by atoms with Gasteiger partial charge in [0.05, 0.1) is 6.20 Å². The Morgan fingerprint density at radius 1 is 1.47 bits per heavy atom. The molecule has 1 aliphatic rings. The van der Waals surface area contributed by atoms with Crippen LogP contribution in [0.15, 0.2) is 27.3 Å². The van der Waals surface area contributed by atoms with Crippen LogP contribution in [0.2, 0.25) is 0 Å². The lowest BCUT2D eigenvalue weighted by atomic mass is 10.2. The third kappa shape index (κ3) is 1.33. The predicted octanol–water partition coefficient (Wildman–Crippen LogP) is 2.64. The van der Waals surface area contributed by atoms with Gasteiger partial charge in [0.2, 0.25) is 5.76 Å². The number of aromatic nitrogens is 1. The van der Waals surface area contributed by atoms with Crippen molar-refractivity contribution < 1.29 is 8.94 Å². The first-order valence-corrected chi connectivity index (χ1v) is 5.06. The number of hydrogen-bond donors (Lipinski definition) is 1. The fraction of sp³-hybridized carbons (Fsp3) is 0.364. The van der Waals surface area contributed by atoms with E-state index in [0.29, 0.717) is 23.1 Å². The molecule has 3 rings (SSSR count). The maximum Gasteiger partial charge on any atom is 0.224 e. The lowest BCUT2D eigenvalue weighted by Crippen LogP contribution is -1.82. The standard InChI is InChI=1S/C11H12N2O2/c1-6-4-7(6)9-2-3-10(14-9)11-8(12)5-13-15-11/h2-3,5-7H,4,12H2,1H3. The van der Waals surface area contributed by atoms with E-state index in [1.807, 2.05) is 12.1 Å². The van der Waals surface area contributed by atoms with Crippen LogP contribution in [0.25, 0.3) is 11.5 Å². The van der Waals surface area contributed by atoms with Crippen molar-refractivity contribution in [3.8, 4) is 11.5 Å². The summed E-state index contributed by atoms with van der Waals surface area (Å²) in [6.07, 6.45) is 2.69. The summed E-state index contributed by atoms with van der Waals surface area (Å²) in [7, 11) is 0. The van der Waals surface area contributed by atoms with Gasteiger partial charge in [0, 0.05) is 5.92 Å². The van der Waals surface area contributed by atoms with Crippen LogP contribution in [0.3, 0.4) is 0 Å². The summed E-state index contributed by atoms with van der Waals surface area (Å²) in [5.74, 6) is 3.51. The summed E-state index contributed by atoms with van der Waals surface area (Å²) in [5, 5.41) is 3.62. The molecule has 0 radical (unpaired) electrons. The summed E-state index contributed by atoms with van der Waals surface area (Å²) in [6, 6.07) is 3.88. The van der Waals surface area contributed by atoms with Crippen LogP contribution in [0.5, 0.6) is 0 Å². The van der Waals surface area contributed by atoms with Gasteiger partial charge < -0.3 is 14.7 Å². The maximum absolute atomic E-state index is 5.69. The van der Waals surface area contributed by atoms with Gasteiger partial charge in [-0.25, -0.2) is 0 Å². The van der Waals surface area contributed by atoms with Crippen molar-refractivity contribution in [1.29, 1.82) is 0 Å². The minimum Gasteiger partial charge on any atom is -0.457 e. The highest BCUT2D eigenvalue weighted by molar-refractivity contribution is 5.65. The van der Waals surface area contributed by atoms with Gasteiger partial charge in [-0.1, -0.05) is 12.1 Å². The Morgan fingerprint density at radius 2 is 2.27 bits per heavy atom. The number of nitrogen functional groups attached to an aromatic ring is 1. The minimum atomic E-state index is 0.514. The van der Waals surface area contributed by atoms with Gasteiger partial charge in [-0.05, 0) is 24.5 Å². The third-order valence-corrected chi connectivity index (χ3v) is 2.92. The van der Waals surface area contributed by atoms with E-state index in [-0.39, 0.29) is 0 Å². The predicted molar refractivity (Wildman–Crippen MR) is 55.1 cm³/mol. The van der Waals surface area contributed by atoms with Crippen molar-refractivity contribution in [2.45, 2.75) is 19.3 Å². The summed E-state index contributed by atoms with van der Waals surface area (Å²) in [6.45, 7) is 2.22. The third-order valence-electron chi connectivity index (χ3n) is 2.92. The van der Waals surface area contributed by atoms with Crippen LogP contribution in [0.4, 0.5) is 5.69 Å². The van der Waals surface area contributed by atoms with E-state index in [1.165, 1.54) is 12.6 Å². The highest BCUT2D eigenvalue weighted by atomic mass is 16.5. The Labute approximate surface area is 87.0 Å². The first kappa shape index (κ1) is 8.59. The summed E-state index contributed by atoms with van der Waals surface area (Å²) < 4.78 is 10.7. The SMILES string of the molecule is CC1CC1c1ccc(-c2oncc2N)o1. The Balaban J connectivity index is 1.94. The Morgan fingerprint density at radius 3 is 2.87 bits per heavy atom. The topological polar surface area (TPSA) is 65.2 Å². The molecule has 2 aromatic rings. The van der Waals surface area contributed by atoms with Crippen LogP contribution in [0, 0.1) is 5.92 Å². The molecule has 2 atom stereocenters. The highest BCUT2D eigenvalue weighted by Gasteiger charge is 2.36. The number of hydrogen-bond acceptors (Lipinski definition) is 4. The number of rotatable bonds is 2.